The Morgan fingerprint density at radius 3 is 2.56 bits per heavy atom. The second-order valence-corrected chi connectivity index (χ2v) is 5.20. The van der Waals surface area contributed by atoms with Crippen LogP contribution in [0.4, 0.5) is 0 Å². The van der Waals surface area contributed by atoms with E-state index in [0.717, 1.165) is 44.3 Å². The van der Waals surface area contributed by atoms with Gasteiger partial charge < -0.3 is 10.2 Å². The number of rotatable bonds is 4. The third-order valence-electron chi connectivity index (χ3n) is 3.89. The zero-order valence-electron chi connectivity index (χ0n) is 11.0. The molecule has 2 rings (SSSR count). The van der Waals surface area contributed by atoms with Crippen molar-refractivity contribution >= 4 is 0 Å². The van der Waals surface area contributed by atoms with E-state index in [-0.39, 0.29) is 6.10 Å². The molecule has 2 N–H and O–H groups in total. The minimum Gasteiger partial charge on any atom is -0.508 e. The van der Waals surface area contributed by atoms with Crippen molar-refractivity contribution < 1.29 is 10.2 Å². The van der Waals surface area contributed by atoms with Crippen LogP contribution >= 0.6 is 0 Å². The lowest BCUT2D eigenvalue weighted by molar-refractivity contribution is 0.0727. The number of aliphatic hydroxyl groups is 1. The molecule has 1 aliphatic carbocycles. The van der Waals surface area contributed by atoms with Crippen molar-refractivity contribution in [2.24, 2.45) is 0 Å². The Morgan fingerprint density at radius 1 is 1.22 bits per heavy atom. The molecule has 0 amide bonds. The number of hydrogen-bond acceptors (Lipinski definition) is 3. The summed E-state index contributed by atoms with van der Waals surface area (Å²) in [7, 11) is 0. The average Bonchev–Trinajstić information content (AvgIpc) is 2.37. The maximum Gasteiger partial charge on any atom is 0.115 e. The first-order valence-electron chi connectivity index (χ1n) is 6.89. The van der Waals surface area contributed by atoms with Gasteiger partial charge in [-0.2, -0.15) is 0 Å². The van der Waals surface area contributed by atoms with E-state index in [2.05, 4.69) is 17.9 Å². The van der Waals surface area contributed by atoms with Gasteiger partial charge in [-0.25, -0.2) is 0 Å². The third kappa shape index (κ3) is 3.47. The highest BCUT2D eigenvalue weighted by Crippen LogP contribution is 2.24. The van der Waals surface area contributed by atoms with Crippen LogP contribution in [0.5, 0.6) is 5.75 Å². The lowest BCUT2D eigenvalue weighted by Gasteiger charge is -2.35. The van der Waals surface area contributed by atoms with Crippen molar-refractivity contribution in [3.8, 4) is 5.75 Å². The van der Waals surface area contributed by atoms with Gasteiger partial charge in [0, 0.05) is 12.6 Å². The van der Waals surface area contributed by atoms with Crippen LogP contribution in [0.2, 0.25) is 0 Å². The summed E-state index contributed by atoms with van der Waals surface area (Å²) in [4.78, 5) is 2.45. The van der Waals surface area contributed by atoms with Gasteiger partial charge in [0.2, 0.25) is 0 Å². The van der Waals surface area contributed by atoms with Gasteiger partial charge in [-0.05, 0) is 49.9 Å². The molecule has 0 aliphatic heterocycles. The molecular weight excluding hydrogens is 226 g/mol. The molecule has 0 bridgehead atoms. The summed E-state index contributed by atoms with van der Waals surface area (Å²) in [5, 5.41) is 19.0. The van der Waals surface area contributed by atoms with Crippen molar-refractivity contribution in [2.45, 2.75) is 51.3 Å². The monoisotopic (exact) mass is 249 g/mol. The second-order valence-electron chi connectivity index (χ2n) is 5.20. The third-order valence-corrected chi connectivity index (χ3v) is 3.89. The van der Waals surface area contributed by atoms with Crippen molar-refractivity contribution in [3.05, 3.63) is 29.8 Å². The van der Waals surface area contributed by atoms with Crippen molar-refractivity contribution in [3.63, 3.8) is 0 Å². The average molecular weight is 249 g/mol. The molecule has 3 heteroatoms. The van der Waals surface area contributed by atoms with E-state index >= 15 is 0 Å². The number of hydrogen-bond donors (Lipinski definition) is 2. The number of phenols is 1. The molecule has 0 radical (unpaired) electrons. The van der Waals surface area contributed by atoms with Gasteiger partial charge in [-0.3, -0.25) is 4.90 Å². The van der Waals surface area contributed by atoms with Crippen LogP contribution in [0.15, 0.2) is 24.3 Å². The Bertz CT molecular complexity index is 373. The van der Waals surface area contributed by atoms with Crippen LogP contribution in [-0.4, -0.2) is 33.8 Å². The molecule has 1 aliphatic rings. The highest BCUT2D eigenvalue weighted by molar-refractivity contribution is 5.27. The van der Waals surface area contributed by atoms with Crippen molar-refractivity contribution in [1.29, 1.82) is 0 Å². The molecular formula is C15H23NO2. The fraction of sp³-hybridized carbons (Fsp3) is 0.600. The zero-order valence-corrected chi connectivity index (χ0v) is 11.0. The molecule has 100 valence electrons. The van der Waals surface area contributed by atoms with Gasteiger partial charge in [0.15, 0.2) is 0 Å². The molecule has 1 aromatic rings. The lowest BCUT2D eigenvalue weighted by Crippen LogP contribution is -2.38. The van der Waals surface area contributed by atoms with Crippen LogP contribution in [0.25, 0.3) is 0 Å². The van der Waals surface area contributed by atoms with Crippen LogP contribution in [0, 0.1) is 0 Å². The smallest absolute Gasteiger partial charge is 0.115 e. The molecule has 3 nitrogen and oxygen atoms in total. The topological polar surface area (TPSA) is 43.7 Å². The molecule has 0 atom stereocenters. The number of aliphatic hydroxyl groups excluding tert-OH is 1. The summed E-state index contributed by atoms with van der Waals surface area (Å²) < 4.78 is 0. The Hall–Kier alpha value is -1.06. The fourth-order valence-corrected chi connectivity index (χ4v) is 2.81. The van der Waals surface area contributed by atoms with Gasteiger partial charge >= 0.3 is 0 Å². The summed E-state index contributed by atoms with van der Waals surface area (Å²) >= 11 is 0. The molecule has 1 aromatic carbocycles. The SMILES string of the molecule is CCN(Cc1cccc(O)c1)C1CCC(O)CC1. The minimum atomic E-state index is -0.0966. The Kier molecular flexibility index (Phi) is 4.61. The number of nitrogens with zero attached hydrogens (tertiary/aromatic N) is 1. The zero-order chi connectivity index (χ0) is 13.0. The van der Waals surface area contributed by atoms with Gasteiger partial charge in [0.1, 0.15) is 5.75 Å². The van der Waals surface area contributed by atoms with Gasteiger partial charge in [-0.15, -0.1) is 0 Å². The molecule has 0 saturated heterocycles. The Balaban J connectivity index is 1.96. The summed E-state index contributed by atoms with van der Waals surface area (Å²) in [5.74, 6) is 0.336. The predicted octanol–water partition coefficient (Wildman–Crippen LogP) is 2.52. The summed E-state index contributed by atoms with van der Waals surface area (Å²) in [5.41, 5.74) is 1.16. The first kappa shape index (κ1) is 13.4. The Labute approximate surface area is 109 Å². The maximum absolute atomic E-state index is 9.56. The van der Waals surface area contributed by atoms with Crippen LogP contribution in [0.1, 0.15) is 38.2 Å². The van der Waals surface area contributed by atoms with E-state index in [4.69, 9.17) is 0 Å². The number of aromatic hydroxyl groups is 1. The van der Waals surface area contributed by atoms with E-state index in [1.165, 1.54) is 0 Å². The number of phenolic OH excluding ortho intramolecular Hbond substituents is 1. The molecule has 0 aromatic heterocycles. The van der Waals surface area contributed by atoms with Crippen molar-refractivity contribution in [1.82, 2.24) is 4.90 Å². The highest BCUT2D eigenvalue weighted by Gasteiger charge is 2.23. The van der Waals surface area contributed by atoms with E-state index < -0.39 is 0 Å². The van der Waals surface area contributed by atoms with Crippen LogP contribution < -0.4 is 0 Å². The largest absolute Gasteiger partial charge is 0.508 e. The number of benzene rings is 1. The van der Waals surface area contributed by atoms with Gasteiger partial charge in [0.05, 0.1) is 6.10 Å². The molecule has 18 heavy (non-hydrogen) atoms. The van der Waals surface area contributed by atoms with Crippen LogP contribution in [0.3, 0.4) is 0 Å². The molecule has 0 heterocycles. The lowest BCUT2D eigenvalue weighted by atomic mass is 9.91. The van der Waals surface area contributed by atoms with E-state index in [0.29, 0.717) is 11.8 Å². The fourth-order valence-electron chi connectivity index (χ4n) is 2.81. The minimum absolute atomic E-state index is 0.0966. The van der Waals surface area contributed by atoms with Crippen molar-refractivity contribution in [2.75, 3.05) is 6.54 Å². The highest BCUT2D eigenvalue weighted by atomic mass is 16.3. The summed E-state index contributed by atoms with van der Waals surface area (Å²) in [6.45, 7) is 4.07. The second kappa shape index (κ2) is 6.21. The first-order valence-corrected chi connectivity index (χ1v) is 6.89. The van der Waals surface area contributed by atoms with E-state index in [1.807, 2.05) is 12.1 Å². The quantitative estimate of drug-likeness (QED) is 0.861. The van der Waals surface area contributed by atoms with E-state index in [9.17, 15) is 10.2 Å². The molecule has 1 saturated carbocycles. The molecule has 0 unspecified atom stereocenters. The standard InChI is InChI=1S/C15H23NO2/c1-2-16(13-6-8-14(17)9-7-13)11-12-4-3-5-15(18)10-12/h3-5,10,13-14,17-18H,2,6-9,11H2,1H3. The maximum atomic E-state index is 9.56. The summed E-state index contributed by atoms with van der Waals surface area (Å²) in [6.07, 6.45) is 3.89. The molecule has 1 fully saturated rings. The Morgan fingerprint density at radius 2 is 1.94 bits per heavy atom. The van der Waals surface area contributed by atoms with Crippen LogP contribution in [-0.2, 0) is 6.54 Å². The molecule has 0 spiro atoms. The normalized spacial score (nSPS) is 24.4. The van der Waals surface area contributed by atoms with Gasteiger partial charge in [-0.1, -0.05) is 19.1 Å². The first-order chi connectivity index (χ1) is 8.69. The predicted molar refractivity (Wildman–Crippen MR) is 72.5 cm³/mol. The summed E-state index contributed by atoms with van der Waals surface area (Å²) in [6, 6.07) is 8.06. The van der Waals surface area contributed by atoms with E-state index in [1.54, 1.807) is 6.07 Å². The van der Waals surface area contributed by atoms with Gasteiger partial charge in [0.25, 0.3) is 0 Å².